The third-order valence-corrected chi connectivity index (χ3v) is 8.70. The molecule has 0 bridgehead atoms. The molecule has 0 spiro atoms. The Morgan fingerprint density at radius 1 is 1.11 bits per heavy atom. The largest absolute Gasteiger partial charge is 0.392 e. The minimum atomic E-state index is -0.401. The quantitative estimate of drug-likeness (QED) is 0.283. The standard InChI is InChI=1S/C32H35N9O4.H2S/c1-19-17-45-10-9-39(19)28-6-5-27(36-37-28)35-24-11-21(15-38(4)30(24)43)22-7-8-33-29(23(22)16-42)41-31(44)25-12-20-13-32(2,3)14-26(20)40(25)18-34-41;/h5-8,11-12,15,18-19,42H,9-10,13-14,16-17H2,1-4H3,(H,35,36);1H2/t19-;/m0./s1. The smallest absolute Gasteiger partial charge is 0.297 e. The Bertz CT molecular complexity index is 2050. The summed E-state index contributed by atoms with van der Waals surface area (Å²) < 4.78 is 10.1. The van der Waals surface area contributed by atoms with Crippen molar-refractivity contribution in [1.29, 1.82) is 0 Å². The fraction of sp³-hybridized carbons (Fsp3) is 0.375. The van der Waals surface area contributed by atoms with E-state index in [-0.39, 0.29) is 47.6 Å². The number of pyridine rings is 2. The Labute approximate surface area is 271 Å². The van der Waals surface area contributed by atoms with E-state index in [2.05, 4.69) is 51.3 Å². The number of hydrogen-bond donors (Lipinski definition) is 2. The topological polar surface area (TPSA) is 145 Å². The molecule has 1 fully saturated rings. The van der Waals surface area contributed by atoms with Gasteiger partial charge < -0.3 is 24.6 Å². The summed E-state index contributed by atoms with van der Waals surface area (Å²) in [4.78, 5) is 33.4. The molecule has 0 aromatic carbocycles. The molecule has 1 atom stereocenters. The van der Waals surface area contributed by atoms with Crippen LogP contribution in [0.1, 0.15) is 37.6 Å². The second-order valence-electron chi connectivity index (χ2n) is 12.6. The van der Waals surface area contributed by atoms with E-state index < -0.39 is 6.61 Å². The zero-order valence-electron chi connectivity index (χ0n) is 26.2. The van der Waals surface area contributed by atoms with Gasteiger partial charge in [0.1, 0.15) is 17.5 Å². The second kappa shape index (κ2) is 12.0. The molecule has 6 heterocycles. The van der Waals surface area contributed by atoms with Gasteiger partial charge in [-0.2, -0.15) is 23.3 Å². The molecule has 5 aromatic heterocycles. The number of nitrogens with one attached hydrogen (secondary N) is 1. The number of aryl methyl sites for hydroxylation is 1. The number of fused-ring (bicyclic) bond motifs is 3. The Morgan fingerprint density at radius 3 is 2.67 bits per heavy atom. The minimum Gasteiger partial charge on any atom is -0.392 e. The van der Waals surface area contributed by atoms with Gasteiger partial charge in [0.2, 0.25) is 0 Å². The number of aliphatic hydroxyl groups is 1. The van der Waals surface area contributed by atoms with Gasteiger partial charge >= 0.3 is 0 Å². The fourth-order valence-corrected chi connectivity index (χ4v) is 6.50. The van der Waals surface area contributed by atoms with Gasteiger partial charge in [0, 0.05) is 42.8 Å². The number of aromatic nitrogens is 7. The molecule has 0 radical (unpaired) electrons. The molecule has 2 N–H and O–H groups in total. The Hall–Kier alpha value is -4.53. The highest BCUT2D eigenvalue weighted by molar-refractivity contribution is 7.59. The van der Waals surface area contributed by atoms with Gasteiger partial charge in [0.05, 0.1) is 25.9 Å². The molecular formula is C32H37N9O4S. The molecule has 1 aliphatic carbocycles. The molecule has 13 nitrogen and oxygen atoms in total. The zero-order valence-corrected chi connectivity index (χ0v) is 27.2. The monoisotopic (exact) mass is 643 g/mol. The summed E-state index contributed by atoms with van der Waals surface area (Å²) in [5.74, 6) is 1.38. The molecule has 46 heavy (non-hydrogen) atoms. The van der Waals surface area contributed by atoms with Crippen molar-refractivity contribution in [3.63, 3.8) is 0 Å². The van der Waals surface area contributed by atoms with Crippen molar-refractivity contribution < 1.29 is 9.84 Å². The van der Waals surface area contributed by atoms with E-state index in [4.69, 9.17) is 4.74 Å². The van der Waals surface area contributed by atoms with E-state index in [0.29, 0.717) is 41.2 Å². The van der Waals surface area contributed by atoms with Gasteiger partial charge in [-0.3, -0.25) is 14.0 Å². The van der Waals surface area contributed by atoms with Crippen LogP contribution in [0.4, 0.5) is 17.3 Å². The van der Waals surface area contributed by atoms with E-state index in [1.54, 1.807) is 44.0 Å². The van der Waals surface area contributed by atoms with Gasteiger partial charge in [-0.05, 0) is 66.6 Å². The highest BCUT2D eigenvalue weighted by Gasteiger charge is 2.32. The fourth-order valence-electron chi connectivity index (χ4n) is 6.50. The Balaban J connectivity index is 0.00000372. The van der Waals surface area contributed by atoms with Crippen molar-refractivity contribution in [3.05, 3.63) is 86.6 Å². The number of nitrogens with zero attached hydrogens (tertiary/aromatic N) is 8. The van der Waals surface area contributed by atoms with Crippen molar-refractivity contribution in [3.8, 4) is 16.9 Å². The van der Waals surface area contributed by atoms with Crippen molar-refractivity contribution in [2.24, 2.45) is 12.5 Å². The molecular weight excluding hydrogens is 606 g/mol. The maximum absolute atomic E-state index is 13.7. The second-order valence-corrected chi connectivity index (χ2v) is 12.6. The summed E-state index contributed by atoms with van der Waals surface area (Å²) in [7, 11) is 1.65. The molecule has 0 unspecified atom stereocenters. The summed E-state index contributed by atoms with van der Waals surface area (Å²) in [6.45, 7) is 8.10. The first-order chi connectivity index (χ1) is 21.6. The van der Waals surface area contributed by atoms with Crippen molar-refractivity contribution >= 4 is 36.3 Å². The van der Waals surface area contributed by atoms with Gasteiger partial charge in [0.15, 0.2) is 17.5 Å². The number of hydrogen-bond acceptors (Lipinski definition) is 10. The summed E-state index contributed by atoms with van der Waals surface area (Å²) >= 11 is 0. The van der Waals surface area contributed by atoms with Crippen LogP contribution in [0, 0.1) is 5.41 Å². The van der Waals surface area contributed by atoms with E-state index in [1.807, 2.05) is 16.5 Å². The third-order valence-electron chi connectivity index (χ3n) is 8.70. The van der Waals surface area contributed by atoms with Crippen LogP contribution < -0.4 is 21.3 Å². The molecule has 0 saturated carbocycles. The molecule has 1 saturated heterocycles. The maximum Gasteiger partial charge on any atom is 0.297 e. The van der Waals surface area contributed by atoms with Crippen LogP contribution in [0.5, 0.6) is 0 Å². The van der Waals surface area contributed by atoms with E-state index >= 15 is 0 Å². The third kappa shape index (κ3) is 5.46. The van der Waals surface area contributed by atoms with Gasteiger partial charge in [-0.1, -0.05) is 13.8 Å². The number of aliphatic hydroxyl groups excluding tert-OH is 1. The van der Waals surface area contributed by atoms with E-state index in [0.717, 1.165) is 36.5 Å². The van der Waals surface area contributed by atoms with Gasteiger partial charge in [0.25, 0.3) is 11.1 Å². The van der Waals surface area contributed by atoms with E-state index in [9.17, 15) is 14.7 Å². The molecule has 7 rings (SSSR count). The molecule has 1 aliphatic heterocycles. The lowest BCUT2D eigenvalue weighted by molar-refractivity contribution is 0.0984. The normalized spacial score (nSPS) is 17.2. The summed E-state index contributed by atoms with van der Waals surface area (Å²) in [6, 6.07) is 9.22. The van der Waals surface area contributed by atoms with Crippen molar-refractivity contribution in [2.75, 3.05) is 30.0 Å². The Kier molecular flexibility index (Phi) is 8.21. The van der Waals surface area contributed by atoms with Crippen LogP contribution in [0.25, 0.3) is 22.5 Å². The van der Waals surface area contributed by atoms with Gasteiger partial charge in [-0.15, -0.1) is 10.2 Å². The van der Waals surface area contributed by atoms with Gasteiger partial charge in [-0.25, -0.2) is 4.98 Å². The number of rotatable bonds is 6. The average molecular weight is 644 g/mol. The highest BCUT2D eigenvalue weighted by Crippen LogP contribution is 2.37. The lowest BCUT2D eigenvalue weighted by atomic mass is 9.90. The zero-order chi connectivity index (χ0) is 31.5. The predicted molar refractivity (Wildman–Crippen MR) is 180 cm³/mol. The highest BCUT2D eigenvalue weighted by atomic mass is 32.1. The molecule has 14 heteroatoms. The number of anilines is 3. The Morgan fingerprint density at radius 2 is 1.93 bits per heavy atom. The SMILES string of the molecule is C[C@H]1COCCN1c1ccc(Nc2cc(-c3ccnc(-n4ncn5c6c(cc5c4=O)CC(C)(C)C6)c3CO)cn(C)c2=O)nn1.S. The minimum absolute atomic E-state index is 0. The molecule has 0 amide bonds. The number of ether oxygens (including phenoxy) is 1. The predicted octanol–water partition coefficient (Wildman–Crippen LogP) is 2.73. The van der Waals surface area contributed by atoms with Crippen LogP contribution in [0.15, 0.2) is 58.6 Å². The first-order valence-electron chi connectivity index (χ1n) is 15.0. The van der Waals surface area contributed by atoms with Crippen LogP contribution in [-0.2, 0) is 31.2 Å². The maximum atomic E-state index is 13.7. The van der Waals surface area contributed by atoms with Crippen LogP contribution in [0.3, 0.4) is 0 Å². The first kappa shape index (κ1) is 31.5. The summed E-state index contributed by atoms with van der Waals surface area (Å²) in [5, 5.41) is 26.8. The summed E-state index contributed by atoms with van der Waals surface area (Å²) in [6.07, 6.45) is 6.65. The first-order valence-corrected chi connectivity index (χ1v) is 15.0. The van der Waals surface area contributed by atoms with Crippen molar-refractivity contribution in [1.82, 2.24) is 33.9 Å². The lowest BCUT2D eigenvalue weighted by Gasteiger charge is -2.33. The molecule has 5 aromatic rings. The molecule has 2 aliphatic rings. The average Bonchev–Trinajstić information content (AvgIpc) is 3.52. The van der Waals surface area contributed by atoms with Crippen LogP contribution >= 0.6 is 13.5 Å². The molecule has 240 valence electrons. The summed E-state index contributed by atoms with van der Waals surface area (Å²) in [5.41, 5.74) is 4.27. The van der Waals surface area contributed by atoms with Crippen LogP contribution in [-0.4, -0.2) is 64.8 Å². The number of morpholine rings is 1. The lowest BCUT2D eigenvalue weighted by Crippen LogP contribution is -2.44. The van der Waals surface area contributed by atoms with Crippen LogP contribution in [0.2, 0.25) is 0 Å². The van der Waals surface area contributed by atoms with E-state index in [1.165, 1.54) is 9.25 Å². The van der Waals surface area contributed by atoms with Crippen molar-refractivity contribution in [2.45, 2.75) is 46.3 Å².